The normalized spacial score (nSPS) is 23.2. The van der Waals surface area contributed by atoms with Crippen molar-refractivity contribution in [1.29, 1.82) is 0 Å². The van der Waals surface area contributed by atoms with E-state index in [9.17, 15) is 0 Å². The summed E-state index contributed by atoms with van der Waals surface area (Å²) in [6, 6.07) is 0.882. The van der Waals surface area contributed by atoms with Gasteiger partial charge in [0.25, 0.3) is 0 Å². The van der Waals surface area contributed by atoms with Gasteiger partial charge in [-0.3, -0.25) is 0 Å². The fraction of sp³-hybridized carbons (Fsp3) is 1.00. The van der Waals surface area contributed by atoms with Gasteiger partial charge in [-0.15, -0.1) is 0 Å². The highest BCUT2D eigenvalue weighted by Gasteiger charge is 2.19. The molecule has 0 aromatic heterocycles. The van der Waals surface area contributed by atoms with Gasteiger partial charge in [-0.2, -0.15) is 0 Å². The molecule has 1 aliphatic rings. The summed E-state index contributed by atoms with van der Waals surface area (Å²) in [5.41, 5.74) is 0. The van der Waals surface area contributed by atoms with E-state index < -0.39 is 0 Å². The van der Waals surface area contributed by atoms with Crippen molar-refractivity contribution in [1.82, 2.24) is 5.32 Å². The van der Waals surface area contributed by atoms with Crippen molar-refractivity contribution in [2.24, 2.45) is 0 Å². The van der Waals surface area contributed by atoms with Crippen LogP contribution in [0, 0.1) is 0 Å². The predicted octanol–water partition coefficient (Wildman–Crippen LogP) is 1.56. The Kier molecular flexibility index (Phi) is 2.56. The Labute approximate surface area is 64.4 Å². The summed E-state index contributed by atoms with van der Waals surface area (Å²) in [6.07, 6.45) is 2.81. The molecule has 0 aromatic rings. The van der Waals surface area contributed by atoms with Crippen LogP contribution < -0.4 is 5.32 Å². The Morgan fingerprint density at radius 2 is 2.38 bits per heavy atom. The van der Waals surface area contributed by atoms with Crippen molar-refractivity contribution in [2.45, 2.75) is 29.7 Å². The van der Waals surface area contributed by atoms with Crippen molar-refractivity contribution >= 4 is 22.6 Å². The SMILES string of the molecule is CC(I)CNC1CC1. The van der Waals surface area contributed by atoms with Gasteiger partial charge >= 0.3 is 0 Å². The smallest absolute Gasteiger partial charge is 0.0206 e. The minimum atomic E-state index is 0.785. The quantitative estimate of drug-likeness (QED) is 0.567. The maximum absolute atomic E-state index is 3.45. The molecule has 0 spiro atoms. The molecule has 8 heavy (non-hydrogen) atoms. The van der Waals surface area contributed by atoms with Crippen molar-refractivity contribution in [3.63, 3.8) is 0 Å². The minimum absolute atomic E-state index is 0.785. The van der Waals surface area contributed by atoms with Crippen LogP contribution in [0.25, 0.3) is 0 Å². The molecule has 1 N–H and O–H groups in total. The van der Waals surface area contributed by atoms with Crippen LogP contribution >= 0.6 is 22.6 Å². The van der Waals surface area contributed by atoms with E-state index in [0.717, 1.165) is 9.97 Å². The Bertz CT molecular complexity index is 66.9. The minimum Gasteiger partial charge on any atom is -0.313 e. The summed E-state index contributed by atoms with van der Waals surface area (Å²) >= 11 is 2.44. The fourth-order valence-electron chi connectivity index (χ4n) is 0.617. The molecule has 1 atom stereocenters. The molecule has 0 amide bonds. The van der Waals surface area contributed by atoms with E-state index >= 15 is 0 Å². The number of rotatable bonds is 3. The van der Waals surface area contributed by atoms with E-state index in [-0.39, 0.29) is 0 Å². The lowest BCUT2D eigenvalue weighted by molar-refractivity contribution is 0.688. The van der Waals surface area contributed by atoms with E-state index in [4.69, 9.17) is 0 Å². The van der Waals surface area contributed by atoms with Gasteiger partial charge in [0.05, 0.1) is 0 Å². The largest absolute Gasteiger partial charge is 0.313 e. The predicted molar refractivity (Wildman–Crippen MR) is 44.5 cm³/mol. The third kappa shape index (κ3) is 2.87. The Morgan fingerprint density at radius 3 is 2.75 bits per heavy atom. The molecule has 2 heteroatoms. The van der Waals surface area contributed by atoms with E-state index in [1.165, 1.54) is 19.4 Å². The second kappa shape index (κ2) is 3.01. The van der Waals surface area contributed by atoms with Gasteiger partial charge in [-0.25, -0.2) is 0 Å². The van der Waals surface area contributed by atoms with Gasteiger partial charge in [0.1, 0.15) is 0 Å². The maximum Gasteiger partial charge on any atom is 0.0206 e. The van der Waals surface area contributed by atoms with Crippen LogP contribution in [-0.4, -0.2) is 16.5 Å². The maximum atomic E-state index is 3.45. The molecule has 0 aliphatic heterocycles. The lowest BCUT2D eigenvalue weighted by Crippen LogP contribution is -2.22. The molecule has 0 saturated heterocycles. The zero-order valence-electron chi connectivity index (χ0n) is 5.15. The standard InChI is InChI=1S/C6H12IN/c1-5(7)4-8-6-2-3-6/h5-6,8H,2-4H2,1H3. The highest BCUT2D eigenvalue weighted by Crippen LogP contribution is 2.18. The van der Waals surface area contributed by atoms with E-state index in [2.05, 4.69) is 34.8 Å². The highest BCUT2D eigenvalue weighted by atomic mass is 127. The second-order valence-electron chi connectivity index (χ2n) is 2.46. The zero-order valence-corrected chi connectivity index (χ0v) is 7.31. The first-order chi connectivity index (χ1) is 3.79. The molecule has 0 heterocycles. The van der Waals surface area contributed by atoms with E-state index in [0.29, 0.717) is 0 Å². The zero-order chi connectivity index (χ0) is 5.98. The number of nitrogens with one attached hydrogen (secondary N) is 1. The monoisotopic (exact) mass is 225 g/mol. The lowest BCUT2D eigenvalue weighted by atomic mass is 10.5. The second-order valence-corrected chi connectivity index (χ2v) is 4.59. The van der Waals surface area contributed by atoms with E-state index in [1.807, 2.05) is 0 Å². The molecular formula is C6H12IN. The number of hydrogen-bond acceptors (Lipinski definition) is 1. The van der Waals surface area contributed by atoms with Crippen LogP contribution in [0.3, 0.4) is 0 Å². The molecule has 1 aliphatic carbocycles. The average molecular weight is 225 g/mol. The van der Waals surface area contributed by atoms with Crippen LogP contribution in [0.5, 0.6) is 0 Å². The van der Waals surface area contributed by atoms with Crippen molar-refractivity contribution < 1.29 is 0 Å². The summed E-state index contributed by atoms with van der Waals surface area (Å²) in [4.78, 5) is 0. The summed E-state index contributed by atoms with van der Waals surface area (Å²) in [5, 5.41) is 3.45. The fourth-order valence-corrected chi connectivity index (χ4v) is 0.871. The van der Waals surface area contributed by atoms with Crippen molar-refractivity contribution in [2.75, 3.05) is 6.54 Å². The molecule has 48 valence electrons. The van der Waals surface area contributed by atoms with Crippen LogP contribution in [0.2, 0.25) is 0 Å². The topological polar surface area (TPSA) is 12.0 Å². The molecule has 1 saturated carbocycles. The Balaban J connectivity index is 1.87. The molecule has 1 rings (SSSR count). The number of halogens is 1. The van der Waals surface area contributed by atoms with Crippen molar-refractivity contribution in [3.05, 3.63) is 0 Å². The summed E-state index contributed by atoms with van der Waals surface area (Å²) in [6.45, 7) is 3.42. The first kappa shape index (κ1) is 6.81. The van der Waals surface area contributed by atoms with Crippen LogP contribution in [0.1, 0.15) is 19.8 Å². The highest BCUT2D eigenvalue weighted by molar-refractivity contribution is 14.1. The van der Waals surface area contributed by atoms with Gasteiger partial charge in [-0.1, -0.05) is 29.5 Å². The third-order valence-electron chi connectivity index (χ3n) is 1.27. The van der Waals surface area contributed by atoms with Crippen LogP contribution in [0.15, 0.2) is 0 Å². The first-order valence-corrected chi connectivity index (χ1v) is 4.41. The van der Waals surface area contributed by atoms with Gasteiger partial charge in [0, 0.05) is 16.5 Å². The molecular weight excluding hydrogens is 213 g/mol. The van der Waals surface area contributed by atoms with Gasteiger partial charge in [0.2, 0.25) is 0 Å². The Hall–Kier alpha value is 0.690. The molecule has 1 fully saturated rings. The number of hydrogen-bond donors (Lipinski definition) is 1. The van der Waals surface area contributed by atoms with Crippen LogP contribution in [-0.2, 0) is 0 Å². The third-order valence-corrected chi connectivity index (χ3v) is 1.71. The first-order valence-electron chi connectivity index (χ1n) is 3.16. The summed E-state index contributed by atoms with van der Waals surface area (Å²) in [7, 11) is 0. The summed E-state index contributed by atoms with van der Waals surface area (Å²) < 4.78 is 0.785. The van der Waals surface area contributed by atoms with Gasteiger partial charge in [0.15, 0.2) is 0 Å². The molecule has 1 nitrogen and oxygen atoms in total. The van der Waals surface area contributed by atoms with Gasteiger partial charge < -0.3 is 5.32 Å². The van der Waals surface area contributed by atoms with Gasteiger partial charge in [-0.05, 0) is 12.8 Å². The lowest BCUT2D eigenvalue weighted by Gasteiger charge is -2.02. The summed E-state index contributed by atoms with van der Waals surface area (Å²) in [5.74, 6) is 0. The Morgan fingerprint density at radius 1 is 1.75 bits per heavy atom. The average Bonchev–Trinajstić information content (AvgIpc) is 2.41. The van der Waals surface area contributed by atoms with Crippen LogP contribution in [0.4, 0.5) is 0 Å². The molecule has 0 radical (unpaired) electrons. The van der Waals surface area contributed by atoms with E-state index in [1.54, 1.807) is 0 Å². The number of alkyl halides is 1. The molecule has 0 bridgehead atoms. The molecule has 1 unspecified atom stereocenters. The van der Waals surface area contributed by atoms with Crippen molar-refractivity contribution in [3.8, 4) is 0 Å². The molecule has 0 aromatic carbocycles.